The third-order valence-electron chi connectivity index (χ3n) is 6.67. The third-order valence-corrected chi connectivity index (χ3v) is 6.67. The van der Waals surface area contributed by atoms with E-state index in [1.165, 1.54) is 18.4 Å². The van der Waals surface area contributed by atoms with Crippen molar-refractivity contribution < 1.29 is 4.79 Å². The number of hydrogen-bond donors (Lipinski definition) is 1. The normalized spacial score (nSPS) is 13.7. The molecule has 7 heteroatoms. The number of aromatic nitrogens is 5. The molecule has 0 atom stereocenters. The first-order valence-electron chi connectivity index (χ1n) is 12.3. The van der Waals surface area contributed by atoms with Crippen molar-refractivity contribution in [2.24, 2.45) is 0 Å². The molecule has 0 aliphatic carbocycles. The van der Waals surface area contributed by atoms with Gasteiger partial charge in [0.15, 0.2) is 5.69 Å². The predicted molar refractivity (Wildman–Crippen MR) is 133 cm³/mol. The van der Waals surface area contributed by atoms with Gasteiger partial charge in [-0.3, -0.25) is 9.48 Å². The van der Waals surface area contributed by atoms with Crippen LogP contribution in [0.25, 0.3) is 10.9 Å². The van der Waals surface area contributed by atoms with Crippen LogP contribution in [0.4, 0.5) is 0 Å². The highest BCUT2D eigenvalue weighted by atomic mass is 16.1. The van der Waals surface area contributed by atoms with Gasteiger partial charge in [-0.15, -0.1) is 10.2 Å². The number of amides is 1. The Balaban J connectivity index is 1.30. The topological polar surface area (TPSA) is 77.6 Å². The van der Waals surface area contributed by atoms with E-state index >= 15 is 0 Å². The summed E-state index contributed by atoms with van der Waals surface area (Å²) in [4.78, 5) is 13.1. The monoisotopic (exact) mass is 456 g/mol. The summed E-state index contributed by atoms with van der Waals surface area (Å²) in [7, 11) is 0. The van der Waals surface area contributed by atoms with Gasteiger partial charge in [-0.05, 0) is 36.0 Å². The molecule has 1 aliphatic heterocycles. The van der Waals surface area contributed by atoms with Crippen LogP contribution in [-0.4, -0.2) is 37.0 Å². The highest BCUT2D eigenvalue weighted by Crippen LogP contribution is 2.21. The van der Waals surface area contributed by atoms with E-state index in [0.29, 0.717) is 31.1 Å². The second-order valence-electron chi connectivity index (χ2n) is 9.42. The maximum absolute atomic E-state index is 13.1. The van der Waals surface area contributed by atoms with Gasteiger partial charge in [-0.2, -0.15) is 5.10 Å². The number of nitrogens with zero attached hydrogens (tertiary/aromatic N) is 5. The molecule has 0 radical (unpaired) electrons. The smallest absolute Gasteiger partial charge is 0.272 e. The molecule has 4 aromatic rings. The number of rotatable bonds is 7. The first kappa shape index (κ1) is 22.3. The van der Waals surface area contributed by atoms with Crippen molar-refractivity contribution in [2.75, 3.05) is 6.54 Å². The summed E-state index contributed by atoms with van der Waals surface area (Å²) in [6.07, 6.45) is 5.22. The molecule has 34 heavy (non-hydrogen) atoms. The number of carbonyl (C=O) groups is 1. The van der Waals surface area contributed by atoms with Crippen molar-refractivity contribution in [2.45, 2.75) is 65.0 Å². The summed E-state index contributed by atoms with van der Waals surface area (Å²) in [6, 6.07) is 16.6. The number of hydrogen-bond acceptors (Lipinski definition) is 4. The molecule has 2 aromatic heterocycles. The summed E-state index contributed by atoms with van der Waals surface area (Å²) in [5.74, 6) is 2.38. The molecule has 1 N–H and O–H groups in total. The molecule has 0 saturated carbocycles. The fourth-order valence-corrected chi connectivity index (χ4v) is 4.70. The molecule has 0 fully saturated rings. The average molecular weight is 457 g/mol. The van der Waals surface area contributed by atoms with E-state index in [-0.39, 0.29) is 5.91 Å². The lowest BCUT2D eigenvalue weighted by atomic mass is 10.0. The number of carbonyl (C=O) groups excluding carboxylic acids is 1. The lowest BCUT2D eigenvalue weighted by Gasteiger charge is -2.08. The fourth-order valence-electron chi connectivity index (χ4n) is 4.70. The van der Waals surface area contributed by atoms with E-state index in [9.17, 15) is 4.79 Å². The molecule has 0 spiro atoms. The minimum atomic E-state index is -0.152. The maximum atomic E-state index is 13.1. The Morgan fingerprint density at radius 1 is 1.03 bits per heavy atom. The van der Waals surface area contributed by atoms with Crippen molar-refractivity contribution in [1.82, 2.24) is 29.9 Å². The van der Waals surface area contributed by atoms with Crippen molar-refractivity contribution in [3.05, 3.63) is 77.0 Å². The van der Waals surface area contributed by atoms with E-state index in [2.05, 4.69) is 58.2 Å². The summed E-state index contributed by atoms with van der Waals surface area (Å²) in [5, 5.41) is 17.4. The Labute approximate surface area is 200 Å². The Bertz CT molecular complexity index is 1280. The molecule has 5 rings (SSSR count). The zero-order chi connectivity index (χ0) is 23.5. The van der Waals surface area contributed by atoms with Gasteiger partial charge in [0.2, 0.25) is 0 Å². The SMILES string of the molecule is CC(C)c1ccc(Cn2nc(C(=O)NCCc3nnc4n3CCCCC4)c3ccccc32)cc1. The van der Waals surface area contributed by atoms with Crippen LogP contribution in [0.1, 0.15) is 72.3 Å². The van der Waals surface area contributed by atoms with Crippen molar-refractivity contribution in [3.8, 4) is 0 Å². The Hall–Kier alpha value is -3.48. The number of benzene rings is 2. The van der Waals surface area contributed by atoms with Crippen LogP contribution in [0.2, 0.25) is 0 Å². The van der Waals surface area contributed by atoms with Crippen LogP contribution >= 0.6 is 0 Å². The maximum Gasteiger partial charge on any atom is 0.272 e. The van der Waals surface area contributed by atoms with Gasteiger partial charge in [-0.1, -0.05) is 62.7 Å². The second-order valence-corrected chi connectivity index (χ2v) is 9.42. The summed E-state index contributed by atoms with van der Waals surface area (Å²) in [6.45, 7) is 6.49. The van der Waals surface area contributed by atoms with Gasteiger partial charge in [0, 0.05) is 31.3 Å². The second kappa shape index (κ2) is 9.79. The fraction of sp³-hybridized carbons (Fsp3) is 0.407. The van der Waals surface area contributed by atoms with Crippen LogP contribution in [0, 0.1) is 0 Å². The van der Waals surface area contributed by atoms with Gasteiger partial charge in [0.05, 0.1) is 12.1 Å². The number of nitrogens with one attached hydrogen (secondary N) is 1. The largest absolute Gasteiger partial charge is 0.350 e. The molecule has 3 heterocycles. The standard InChI is InChI=1S/C27H32N6O/c1-19(2)21-13-11-20(12-14-21)18-33-23-9-6-5-8-22(23)26(31-33)27(34)28-16-15-25-30-29-24-10-4-3-7-17-32(24)25/h5-6,8-9,11-14,19H,3-4,7,10,15-18H2,1-2H3,(H,28,34). The molecule has 2 aromatic carbocycles. The van der Waals surface area contributed by atoms with Gasteiger partial charge in [0.25, 0.3) is 5.91 Å². The Morgan fingerprint density at radius 3 is 2.68 bits per heavy atom. The van der Waals surface area contributed by atoms with Crippen LogP contribution in [0.5, 0.6) is 0 Å². The molecule has 7 nitrogen and oxygen atoms in total. The van der Waals surface area contributed by atoms with E-state index in [1.807, 2.05) is 28.9 Å². The van der Waals surface area contributed by atoms with Crippen LogP contribution in [0.15, 0.2) is 48.5 Å². The van der Waals surface area contributed by atoms with Crippen LogP contribution < -0.4 is 5.32 Å². The van der Waals surface area contributed by atoms with Crippen molar-refractivity contribution in [1.29, 1.82) is 0 Å². The zero-order valence-corrected chi connectivity index (χ0v) is 20.0. The number of aryl methyl sites for hydroxylation is 1. The zero-order valence-electron chi connectivity index (χ0n) is 20.0. The van der Waals surface area contributed by atoms with Crippen LogP contribution in [-0.2, 0) is 25.9 Å². The molecular formula is C27H32N6O. The van der Waals surface area contributed by atoms with E-state index in [4.69, 9.17) is 5.10 Å². The third kappa shape index (κ3) is 4.60. The first-order valence-corrected chi connectivity index (χ1v) is 12.3. The lowest BCUT2D eigenvalue weighted by molar-refractivity contribution is 0.0949. The molecule has 0 bridgehead atoms. The van der Waals surface area contributed by atoms with Gasteiger partial charge in [0.1, 0.15) is 11.6 Å². The van der Waals surface area contributed by atoms with E-state index in [1.54, 1.807) is 0 Å². The highest BCUT2D eigenvalue weighted by molar-refractivity contribution is 6.04. The number of fused-ring (bicyclic) bond motifs is 2. The quantitative estimate of drug-likeness (QED) is 0.444. The summed E-state index contributed by atoms with van der Waals surface area (Å²) < 4.78 is 4.15. The molecular weight excluding hydrogens is 424 g/mol. The van der Waals surface area contributed by atoms with E-state index < -0.39 is 0 Å². The van der Waals surface area contributed by atoms with Crippen LogP contribution in [0.3, 0.4) is 0 Å². The molecule has 1 aliphatic rings. The Morgan fingerprint density at radius 2 is 1.85 bits per heavy atom. The predicted octanol–water partition coefficient (Wildman–Crippen LogP) is 4.50. The van der Waals surface area contributed by atoms with E-state index in [0.717, 1.165) is 47.5 Å². The molecule has 1 amide bonds. The van der Waals surface area contributed by atoms with Gasteiger partial charge in [-0.25, -0.2) is 0 Å². The minimum Gasteiger partial charge on any atom is -0.350 e. The molecule has 0 saturated heterocycles. The highest BCUT2D eigenvalue weighted by Gasteiger charge is 2.18. The first-order chi connectivity index (χ1) is 16.6. The van der Waals surface area contributed by atoms with Gasteiger partial charge >= 0.3 is 0 Å². The Kier molecular flexibility index (Phi) is 6.43. The van der Waals surface area contributed by atoms with Crippen molar-refractivity contribution in [3.63, 3.8) is 0 Å². The lowest BCUT2D eigenvalue weighted by Crippen LogP contribution is -2.27. The molecule has 0 unspecified atom stereocenters. The van der Waals surface area contributed by atoms with Crippen molar-refractivity contribution >= 4 is 16.8 Å². The minimum absolute atomic E-state index is 0.152. The average Bonchev–Trinajstić information content (AvgIpc) is 3.31. The molecule has 176 valence electrons. The summed E-state index contributed by atoms with van der Waals surface area (Å²) in [5.41, 5.74) is 3.91. The summed E-state index contributed by atoms with van der Waals surface area (Å²) >= 11 is 0. The number of para-hydroxylation sites is 1. The van der Waals surface area contributed by atoms with Gasteiger partial charge < -0.3 is 9.88 Å².